The fourth-order valence-corrected chi connectivity index (χ4v) is 3.21. The molecule has 1 N–H and O–H groups in total. The zero-order valence-electron chi connectivity index (χ0n) is 14.0. The summed E-state index contributed by atoms with van der Waals surface area (Å²) in [4.78, 5) is 28.7. The first-order chi connectivity index (χ1) is 13.2. The first-order valence-electron chi connectivity index (χ1n) is 8.15. The van der Waals surface area contributed by atoms with Crippen LogP contribution in [0.25, 0.3) is 11.0 Å². The molecule has 0 amide bonds. The molecule has 2 aromatic carbocycles. The van der Waals surface area contributed by atoms with Gasteiger partial charge in [-0.2, -0.15) is 0 Å². The Labute approximate surface area is 158 Å². The van der Waals surface area contributed by atoms with Crippen molar-refractivity contribution >= 4 is 39.1 Å². The lowest BCUT2D eigenvalue weighted by Crippen LogP contribution is -2.10. The lowest BCUT2D eigenvalue weighted by Gasteiger charge is -2.04. The van der Waals surface area contributed by atoms with Crippen molar-refractivity contribution in [3.63, 3.8) is 0 Å². The normalized spacial score (nSPS) is 10.7. The van der Waals surface area contributed by atoms with E-state index in [1.165, 1.54) is 11.3 Å². The molecule has 134 valence electrons. The molecule has 0 saturated heterocycles. The smallest absolute Gasteiger partial charge is 0.374 e. The number of benzene rings is 2. The van der Waals surface area contributed by atoms with E-state index >= 15 is 0 Å². The summed E-state index contributed by atoms with van der Waals surface area (Å²) >= 11 is 1.41. The van der Waals surface area contributed by atoms with Crippen molar-refractivity contribution in [1.29, 1.82) is 0 Å². The Morgan fingerprint density at radius 1 is 1.11 bits per heavy atom. The van der Waals surface area contributed by atoms with Crippen LogP contribution in [0.3, 0.4) is 0 Å². The van der Waals surface area contributed by atoms with Crippen LogP contribution in [0.15, 0.2) is 75.3 Å². The number of nitrogens with one attached hydrogen (secondary N) is 1. The molecule has 27 heavy (non-hydrogen) atoms. The van der Waals surface area contributed by atoms with Crippen molar-refractivity contribution in [2.24, 2.45) is 0 Å². The molecule has 0 spiro atoms. The third-order valence-electron chi connectivity index (χ3n) is 3.76. The monoisotopic (exact) mass is 378 g/mol. The molecular formula is C20H14N2O4S. The largest absolute Gasteiger partial charge is 0.453 e. The maximum Gasteiger partial charge on any atom is 0.374 e. The van der Waals surface area contributed by atoms with Gasteiger partial charge in [-0.1, -0.05) is 30.3 Å². The number of para-hydroxylation sites is 2. The molecule has 0 fully saturated rings. The lowest BCUT2D eigenvalue weighted by atomic mass is 10.2. The predicted octanol–water partition coefficient (Wildman–Crippen LogP) is 4.35. The number of ether oxygens (including phenoxy) is 1. The number of fused-ring (bicyclic) bond motifs is 1. The summed E-state index contributed by atoms with van der Waals surface area (Å²) in [5.74, 6) is -0.833. The van der Waals surface area contributed by atoms with Gasteiger partial charge in [-0.3, -0.25) is 4.79 Å². The van der Waals surface area contributed by atoms with Crippen molar-refractivity contribution < 1.29 is 13.9 Å². The molecule has 0 bridgehead atoms. The first kappa shape index (κ1) is 17.0. The van der Waals surface area contributed by atoms with Crippen molar-refractivity contribution in [2.45, 2.75) is 6.61 Å². The Bertz CT molecular complexity index is 1150. The second-order valence-electron chi connectivity index (χ2n) is 5.68. The molecule has 0 unspecified atom stereocenters. The number of anilines is 2. The van der Waals surface area contributed by atoms with Gasteiger partial charge < -0.3 is 14.5 Å². The second kappa shape index (κ2) is 7.43. The molecule has 0 aliphatic heterocycles. The van der Waals surface area contributed by atoms with Crippen LogP contribution in [-0.2, 0) is 11.3 Å². The van der Waals surface area contributed by atoms with Crippen LogP contribution in [0, 0.1) is 0 Å². The molecule has 2 heterocycles. The van der Waals surface area contributed by atoms with E-state index in [4.69, 9.17) is 9.15 Å². The first-order valence-corrected chi connectivity index (χ1v) is 9.03. The molecule has 0 atom stereocenters. The number of hydrogen-bond donors (Lipinski definition) is 1. The minimum absolute atomic E-state index is 0.0116. The number of esters is 1. The average molecular weight is 378 g/mol. The zero-order valence-corrected chi connectivity index (χ0v) is 14.9. The van der Waals surface area contributed by atoms with E-state index in [9.17, 15) is 9.59 Å². The fourth-order valence-electron chi connectivity index (χ4n) is 2.49. The summed E-state index contributed by atoms with van der Waals surface area (Å²) in [7, 11) is 0. The van der Waals surface area contributed by atoms with Crippen LogP contribution in [0.4, 0.5) is 10.8 Å². The molecule has 0 aliphatic rings. The summed E-state index contributed by atoms with van der Waals surface area (Å²) in [5, 5.41) is 6.10. The quantitative estimate of drug-likeness (QED) is 0.520. The van der Waals surface area contributed by atoms with E-state index in [-0.39, 0.29) is 17.8 Å². The number of hydrogen-bond acceptors (Lipinski definition) is 7. The van der Waals surface area contributed by atoms with E-state index in [0.717, 1.165) is 11.8 Å². The highest BCUT2D eigenvalue weighted by Crippen LogP contribution is 2.21. The van der Waals surface area contributed by atoms with Gasteiger partial charge in [0.05, 0.1) is 11.1 Å². The Balaban J connectivity index is 1.43. The average Bonchev–Trinajstić information content (AvgIpc) is 3.14. The molecular weight excluding hydrogens is 364 g/mol. The van der Waals surface area contributed by atoms with Crippen LogP contribution in [0.1, 0.15) is 16.2 Å². The minimum Gasteiger partial charge on any atom is -0.453 e. The molecule has 0 saturated carbocycles. The molecule has 2 aromatic heterocycles. The molecule has 6 nitrogen and oxygen atoms in total. The number of aromatic nitrogens is 1. The van der Waals surface area contributed by atoms with Crippen LogP contribution in [-0.4, -0.2) is 11.0 Å². The highest BCUT2D eigenvalue weighted by molar-refractivity contribution is 7.13. The molecule has 4 aromatic rings. The van der Waals surface area contributed by atoms with Gasteiger partial charge in [-0.05, 0) is 24.3 Å². The number of nitrogens with zero attached hydrogens (tertiary/aromatic N) is 1. The minimum atomic E-state index is -0.705. The molecule has 0 radical (unpaired) electrons. The number of carbonyl (C=O) groups excluding carboxylic acids is 1. The van der Waals surface area contributed by atoms with E-state index in [0.29, 0.717) is 21.8 Å². The Morgan fingerprint density at radius 3 is 2.74 bits per heavy atom. The highest BCUT2D eigenvalue weighted by atomic mass is 32.1. The Morgan fingerprint density at radius 2 is 1.89 bits per heavy atom. The van der Waals surface area contributed by atoms with Crippen molar-refractivity contribution in [1.82, 2.24) is 4.98 Å². The summed E-state index contributed by atoms with van der Waals surface area (Å²) in [6, 6.07) is 17.6. The maximum absolute atomic E-state index is 12.2. The third kappa shape index (κ3) is 3.88. The van der Waals surface area contributed by atoms with E-state index in [1.807, 2.05) is 30.3 Å². The lowest BCUT2D eigenvalue weighted by molar-refractivity contribution is 0.0432. The SMILES string of the molecule is O=C(OCc1csc(Nc2ccccc2)n1)c1cc(=O)c2ccccc2o1. The highest BCUT2D eigenvalue weighted by Gasteiger charge is 2.14. The van der Waals surface area contributed by atoms with Crippen LogP contribution in [0.5, 0.6) is 0 Å². The van der Waals surface area contributed by atoms with Gasteiger partial charge in [0.1, 0.15) is 12.2 Å². The molecule has 4 rings (SSSR count). The maximum atomic E-state index is 12.2. The van der Waals surface area contributed by atoms with Gasteiger partial charge in [0.15, 0.2) is 10.6 Å². The van der Waals surface area contributed by atoms with E-state index in [2.05, 4.69) is 10.3 Å². The Hall–Kier alpha value is -3.45. The van der Waals surface area contributed by atoms with Crippen molar-refractivity contribution in [2.75, 3.05) is 5.32 Å². The van der Waals surface area contributed by atoms with Gasteiger partial charge >= 0.3 is 5.97 Å². The standard InChI is InChI=1S/C20H14N2O4S/c23-16-10-18(26-17-9-5-4-8-15(16)17)19(24)25-11-14-12-27-20(22-14)21-13-6-2-1-3-7-13/h1-10,12H,11H2,(H,21,22). The zero-order chi connectivity index (χ0) is 18.6. The summed E-state index contributed by atoms with van der Waals surface area (Å²) in [6.45, 7) is -0.0116. The van der Waals surface area contributed by atoms with Crippen LogP contribution in [0.2, 0.25) is 0 Å². The van der Waals surface area contributed by atoms with Gasteiger partial charge in [0, 0.05) is 17.1 Å². The van der Waals surface area contributed by atoms with Crippen molar-refractivity contribution in [3.05, 3.63) is 87.7 Å². The Kier molecular flexibility index (Phi) is 4.67. The summed E-state index contributed by atoms with van der Waals surface area (Å²) in [6.07, 6.45) is 0. The van der Waals surface area contributed by atoms with E-state index < -0.39 is 5.97 Å². The fraction of sp³-hybridized carbons (Fsp3) is 0.0500. The van der Waals surface area contributed by atoms with Crippen LogP contribution >= 0.6 is 11.3 Å². The number of thiazole rings is 1. The number of rotatable bonds is 5. The van der Waals surface area contributed by atoms with Crippen LogP contribution < -0.4 is 10.7 Å². The molecule has 7 heteroatoms. The van der Waals surface area contributed by atoms with Gasteiger partial charge in [-0.15, -0.1) is 11.3 Å². The topological polar surface area (TPSA) is 81.4 Å². The van der Waals surface area contributed by atoms with Gasteiger partial charge in [-0.25, -0.2) is 9.78 Å². The molecule has 0 aliphatic carbocycles. The second-order valence-corrected chi connectivity index (χ2v) is 6.54. The van der Waals surface area contributed by atoms with E-state index in [1.54, 1.807) is 29.6 Å². The number of carbonyl (C=O) groups is 1. The summed E-state index contributed by atoms with van der Waals surface area (Å²) in [5.41, 5.74) is 1.59. The van der Waals surface area contributed by atoms with Crippen molar-refractivity contribution in [3.8, 4) is 0 Å². The third-order valence-corrected chi connectivity index (χ3v) is 4.57. The van der Waals surface area contributed by atoms with Gasteiger partial charge in [0.25, 0.3) is 0 Å². The predicted molar refractivity (Wildman–Crippen MR) is 103 cm³/mol. The van der Waals surface area contributed by atoms with Gasteiger partial charge in [0.2, 0.25) is 5.76 Å². The summed E-state index contributed by atoms with van der Waals surface area (Å²) < 4.78 is 10.7.